The number of aryl methyl sites for hydroxylation is 1. The molecular weight excluding hydrogens is 236 g/mol. The summed E-state index contributed by atoms with van der Waals surface area (Å²) in [5.74, 6) is 0.448. The van der Waals surface area contributed by atoms with Crippen LogP contribution >= 0.6 is 0 Å². The van der Waals surface area contributed by atoms with Crippen molar-refractivity contribution < 1.29 is 8.42 Å². The van der Waals surface area contributed by atoms with E-state index < -0.39 is 10.0 Å². The van der Waals surface area contributed by atoms with E-state index in [1.807, 2.05) is 13.8 Å². The minimum absolute atomic E-state index is 0.0997. The van der Waals surface area contributed by atoms with E-state index in [0.29, 0.717) is 17.4 Å². The zero-order chi connectivity index (χ0) is 12.6. The minimum Gasteiger partial charge on any atom is -0.326 e. The summed E-state index contributed by atoms with van der Waals surface area (Å²) in [6, 6.07) is 5.18. The molecule has 0 spiro atoms. The molecule has 1 aliphatic carbocycles. The number of sulfonamides is 1. The highest BCUT2D eigenvalue weighted by molar-refractivity contribution is 7.89. The van der Waals surface area contributed by atoms with Gasteiger partial charge in [0.1, 0.15) is 0 Å². The lowest BCUT2D eigenvalue weighted by Crippen LogP contribution is -2.27. The van der Waals surface area contributed by atoms with E-state index in [9.17, 15) is 8.42 Å². The highest BCUT2D eigenvalue weighted by Crippen LogP contribution is 2.30. The summed E-state index contributed by atoms with van der Waals surface area (Å²) >= 11 is 0. The van der Waals surface area contributed by atoms with Crippen molar-refractivity contribution in [2.75, 3.05) is 0 Å². The predicted octanol–water partition coefficient (Wildman–Crippen LogP) is 1.14. The first-order valence-corrected chi connectivity index (χ1v) is 7.24. The second-order valence-electron chi connectivity index (χ2n) is 4.73. The van der Waals surface area contributed by atoms with Gasteiger partial charge in [-0.3, -0.25) is 0 Å². The summed E-state index contributed by atoms with van der Waals surface area (Å²) in [7, 11) is -3.38. The molecular formula is C12H18N2O2S. The van der Waals surface area contributed by atoms with Crippen molar-refractivity contribution in [1.82, 2.24) is 4.72 Å². The van der Waals surface area contributed by atoms with Gasteiger partial charge in [0, 0.05) is 12.6 Å². The van der Waals surface area contributed by atoms with Crippen LogP contribution in [-0.2, 0) is 16.6 Å². The number of hydrogen-bond acceptors (Lipinski definition) is 3. The average molecular weight is 254 g/mol. The van der Waals surface area contributed by atoms with Crippen LogP contribution in [0.1, 0.15) is 24.5 Å². The van der Waals surface area contributed by atoms with Gasteiger partial charge in [-0.2, -0.15) is 0 Å². The number of rotatable bonds is 4. The van der Waals surface area contributed by atoms with Crippen molar-refractivity contribution in [3.8, 4) is 0 Å². The Labute approximate surface area is 102 Å². The van der Waals surface area contributed by atoms with Gasteiger partial charge in [-0.25, -0.2) is 13.1 Å². The number of hydrogen-bond donors (Lipinski definition) is 2. The van der Waals surface area contributed by atoms with Crippen LogP contribution in [0.2, 0.25) is 0 Å². The predicted molar refractivity (Wildman–Crippen MR) is 67.0 cm³/mol. The second-order valence-corrected chi connectivity index (χ2v) is 6.45. The molecule has 2 atom stereocenters. The minimum atomic E-state index is -3.38. The molecule has 1 fully saturated rings. The summed E-state index contributed by atoms with van der Waals surface area (Å²) in [5.41, 5.74) is 7.47. The standard InChI is InChI=1S/C12H18N2O2S/c1-8-3-4-11(6-10(8)7-13)17(15,16)14-12-5-9(12)2/h3-4,6,9,12,14H,5,7,13H2,1-2H3. The lowest BCUT2D eigenvalue weighted by molar-refractivity contribution is 0.578. The summed E-state index contributed by atoms with van der Waals surface area (Å²) < 4.78 is 26.8. The molecule has 1 aromatic rings. The zero-order valence-corrected chi connectivity index (χ0v) is 10.9. The van der Waals surface area contributed by atoms with Gasteiger partial charge in [-0.15, -0.1) is 0 Å². The second kappa shape index (κ2) is 4.40. The molecule has 0 heterocycles. The van der Waals surface area contributed by atoms with Crippen LogP contribution in [0.3, 0.4) is 0 Å². The van der Waals surface area contributed by atoms with Crippen molar-refractivity contribution in [2.24, 2.45) is 11.7 Å². The van der Waals surface area contributed by atoms with Gasteiger partial charge in [0.15, 0.2) is 0 Å². The van der Waals surface area contributed by atoms with Crippen molar-refractivity contribution >= 4 is 10.0 Å². The Morgan fingerprint density at radius 3 is 2.65 bits per heavy atom. The quantitative estimate of drug-likeness (QED) is 0.846. The number of benzene rings is 1. The lowest BCUT2D eigenvalue weighted by Gasteiger charge is -2.09. The number of nitrogens with one attached hydrogen (secondary N) is 1. The van der Waals surface area contributed by atoms with Crippen LogP contribution in [-0.4, -0.2) is 14.5 Å². The van der Waals surface area contributed by atoms with Crippen molar-refractivity contribution in [3.05, 3.63) is 29.3 Å². The van der Waals surface area contributed by atoms with Gasteiger partial charge < -0.3 is 5.73 Å². The van der Waals surface area contributed by atoms with E-state index in [0.717, 1.165) is 17.5 Å². The molecule has 5 heteroatoms. The van der Waals surface area contributed by atoms with E-state index >= 15 is 0 Å². The van der Waals surface area contributed by atoms with E-state index in [1.165, 1.54) is 0 Å². The third-order valence-electron chi connectivity index (χ3n) is 3.27. The highest BCUT2D eigenvalue weighted by Gasteiger charge is 2.36. The normalized spacial score (nSPS) is 23.7. The topological polar surface area (TPSA) is 72.2 Å². The first-order valence-electron chi connectivity index (χ1n) is 5.76. The molecule has 1 saturated carbocycles. The monoisotopic (exact) mass is 254 g/mol. The first-order chi connectivity index (χ1) is 7.94. The first kappa shape index (κ1) is 12.5. The maximum absolute atomic E-state index is 12.1. The van der Waals surface area contributed by atoms with Crippen molar-refractivity contribution in [3.63, 3.8) is 0 Å². The van der Waals surface area contributed by atoms with Crippen LogP contribution in [0, 0.1) is 12.8 Å². The van der Waals surface area contributed by atoms with Crippen LogP contribution < -0.4 is 10.5 Å². The van der Waals surface area contributed by atoms with Crippen LogP contribution in [0.25, 0.3) is 0 Å². The van der Waals surface area contributed by atoms with Crippen LogP contribution in [0.4, 0.5) is 0 Å². The van der Waals surface area contributed by atoms with Gasteiger partial charge in [0.25, 0.3) is 0 Å². The summed E-state index contributed by atoms with van der Waals surface area (Å²) in [5, 5.41) is 0. The average Bonchev–Trinajstić information content (AvgIpc) is 2.93. The molecule has 2 rings (SSSR count). The zero-order valence-electron chi connectivity index (χ0n) is 10.1. The lowest BCUT2D eigenvalue weighted by atomic mass is 10.1. The van der Waals surface area contributed by atoms with Crippen molar-refractivity contribution in [2.45, 2.75) is 37.8 Å². The Morgan fingerprint density at radius 1 is 1.47 bits per heavy atom. The third-order valence-corrected chi connectivity index (χ3v) is 4.75. The molecule has 0 aliphatic heterocycles. The molecule has 0 bridgehead atoms. The van der Waals surface area contributed by atoms with Crippen LogP contribution in [0.5, 0.6) is 0 Å². The maximum atomic E-state index is 12.1. The fourth-order valence-electron chi connectivity index (χ4n) is 1.79. The molecule has 94 valence electrons. The molecule has 0 aromatic heterocycles. The highest BCUT2D eigenvalue weighted by atomic mass is 32.2. The van der Waals surface area contributed by atoms with Gasteiger partial charge in [0.05, 0.1) is 4.90 Å². The largest absolute Gasteiger partial charge is 0.326 e. The van der Waals surface area contributed by atoms with Gasteiger partial charge >= 0.3 is 0 Å². The molecule has 17 heavy (non-hydrogen) atoms. The number of nitrogens with two attached hydrogens (primary N) is 1. The Kier molecular flexibility index (Phi) is 3.25. The van der Waals surface area contributed by atoms with E-state index in [-0.39, 0.29) is 6.04 Å². The maximum Gasteiger partial charge on any atom is 0.240 e. The van der Waals surface area contributed by atoms with E-state index in [1.54, 1.807) is 18.2 Å². The smallest absolute Gasteiger partial charge is 0.240 e. The molecule has 0 amide bonds. The Balaban J connectivity index is 2.26. The van der Waals surface area contributed by atoms with Crippen LogP contribution in [0.15, 0.2) is 23.1 Å². The van der Waals surface area contributed by atoms with Gasteiger partial charge in [-0.05, 0) is 42.5 Å². The molecule has 0 radical (unpaired) electrons. The molecule has 1 aliphatic rings. The SMILES string of the molecule is Cc1ccc(S(=O)(=O)NC2CC2C)cc1CN. The summed E-state index contributed by atoms with van der Waals surface area (Å²) in [6.45, 7) is 4.32. The van der Waals surface area contributed by atoms with Crippen molar-refractivity contribution in [1.29, 1.82) is 0 Å². The van der Waals surface area contributed by atoms with E-state index in [4.69, 9.17) is 5.73 Å². The molecule has 4 nitrogen and oxygen atoms in total. The Hall–Kier alpha value is -0.910. The summed E-state index contributed by atoms with van der Waals surface area (Å²) in [6.07, 6.45) is 0.925. The molecule has 2 unspecified atom stereocenters. The molecule has 0 saturated heterocycles. The molecule has 1 aromatic carbocycles. The van der Waals surface area contributed by atoms with Gasteiger partial charge in [-0.1, -0.05) is 13.0 Å². The fraction of sp³-hybridized carbons (Fsp3) is 0.500. The Morgan fingerprint density at radius 2 is 2.12 bits per heavy atom. The van der Waals surface area contributed by atoms with Gasteiger partial charge in [0.2, 0.25) is 10.0 Å². The third kappa shape index (κ3) is 2.68. The van der Waals surface area contributed by atoms with E-state index in [2.05, 4.69) is 4.72 Å². The fourth-order valence-corrected chi connectivity index (χ4v) is 3.20. The Bertz CT molecular complexity index is 525. The molecule has 3 N–H and O–H groups in total. The summed E-state index contributed by atoms with van der Waals surface area (Å²) in [4.78, 5) is 0.308.